The summed E-state index contributed by atoms with van der Waals surface area (Å²) in [6.07, 6.45) is 0. The first-order chi connectivity index (χ1) is 0. The summed E-state index contributed by atoms with van der Waals surface area (Å²) < 4.78 is 0. The van der Waals surface area contributed by atoms with E-state index in [4.69, 9.17) is 0 Å². The van der Waals surface area contributed by atoms with Crippen molar-refractivity contribution in [3.8, 4) is 0 Å². The van der Waals surface area contributed by atoms with Gasteiger partial charge in [0.25, 0.3) is 0 Å². The zero-order valence-corrected chi connectivity index (χ0v) is 8.52. The van der Waals surface area contributed by atoms with Gasteiger partial charge in [0.2, 0.25) is 0 Å². The Labute approximate surface area is 96.2 Å². The summed E-state index contributed by atoms with van der Waals surface area (Å²) in [6.45, 7) is 0. The van der Waals surface area contributed by atoms with Crippen LogP contribution in [0.2, 0.25) is 0 Å². The van der Waals surface area contributed by atoms with Gasteiger partial charge < -0.3 is 0 Å². The van der Waals surface area contributed by atoms with Gasteiger partial charge in [-0.15, -0.1) is 0 Å². The van der Waals surface area contributed by atoms with Crippen LogP contribution in [0.15, 0.2) is 0 Å². The molecule has 0 aromatic carbocycles. The summed E-state index contributed by atoms with van der Waals surface area (Å²) in [6, 6.07) is 0. The molecule has 0 aliphatic carbocycles. The second-order valence-corrected chi connectivity index (χ2v) is 0. The van der Waals surface area contributed by atoms with Crippen molar-refractivity contribution in [3.63, 3.8) is 0 Å². The third-order valence-corrected chi connectivity index (χ3v) is 0. The van der Waals surface area contributed by atoms with Gasteiger partial charge in [-0.05, 0) is 0 Å². The van der Waals surface area contributed by atoms with E-state index < -0.39 is 0 Å². The standard InChI is InChI=1S/Ce.Fe.Mg.Ni. The normalized spacial score (nSPS) is 0. The van der Waals surface area contributed by atoms with Crippen molar-refractivity contribution in [2.24, 2.45) is 0 Å². The van der Waals surface area contributed by atoms with Crippen molar-refractivity contribution >= 4 is 23.1 Å². The van der Waals surface area contributed by atoms with E-state index in [0.29, 0.717) is 0 Å². The second-order valence-electron chi connectivity index (χ2n) is 0. The maximum atomic E-state index is 0. The molecule has 2 radical (unpaired) electrons. The first-order valence-corrected chi connectivity index (χ1v) is 0. The Hall–Kier alpha value is 3.16. The Morgan fingerprint density at radius 3 is 1.00 bits per heavy atom. The molecule has 0 rings (SSSR count). The quantitative estimate of drug-likeness (QED) is 0.530. The molecule has 0 spiro atoms. The molecular weight excluding hydrogens is 279 g/mol. The fourth-order valence-corrected chi connectivity index (χ4v) is 0. The van der Waals surface area contributed by atoms with Crippen molar-refractivity contribution in [3.05, 3.63) is 0 Å². The van der Waals surface area contributed by atoms with Crippen LogP contribution in [0, 0.1) is 41.7 Å². The number of hydrogen-bond donors (Lipinski definition) is 0. The molecule has 0 aliphatic rings. The molecule has 0 aromatic heterocycles. The maximum absolute atomic E-state index is 0. The molecule has 0 saturated carbocycles. The van der Waals surface area contributed by atoms with Gasteiger partial charge in [-0.25, -0.2) is 0 Å². The van der Waals surface area contributed by atoms with E-state index in [0.717, 1.165) is 0 Å². The third-order valence-electron chi connectivity index (χ3n) is 0. The van der Waals surface area contributed by atoms with Gasteiger partial charge in [-0.3, -0.25) is 0 Å². The average Bonchev–Trinajstić information content (AvgIpc) is 0. The smallest absolute Gasteiger partial charge is 0 e. The fraction of sp³-hybridized carbons (Fsp3) is 0. The van der Waals surface area contributed by atoms with Crippen molar-refractivity contribution in [1.29, 1.82) is 0 Å². The predicted octanol–water partition coefficient (Wildman–Crippen LogP) is -0.386. The minimum absolute atomic E-state index is 0. The number of rotatable bonds is 0. The molecule has 0 aliphatic heterocycles. The van der Waals surface area contributed by atoms with Gasteiger partial charge in [0.05, 0.1) is 0 Å². The molecule has 0 N–H and O–H groups in total. The Bertz CT molecular complexity index is 8.00. The Balaban J connectivity index is 0. The minimum Gasteiger partial charge on any atom is 0 e. The SMILES string of the molecule is [Ce].[Fe].[Mg].[Ni]. The predicted molar refractivity (Wildman–Crippen MR) is 5.75 cm³/mol. The second kappa shape index (κ2) is 16.4. The van der Waals surface area contributed by atoms with Crippen LogP contribution in [0.25, 0.3) is 0 Å². The summed E-state index contributed by atoms with van der Waals surface area (Å²) in [5, 5.41) is 0. The molecule has 0 heterocycles. The van der Waals surface area contributed by atoms with Gasteiger partial charge in [0.1, 0.15) is 0 Å². The van der Waals surface area contributed by atoms with Crippen molar-refractivity contribution in [2.75, 3.05) is 0 Å². The molecule has 0 aromatic rings. The number of hydrogen-bond acceptors (Lipinski definition) is 0. The van der Waals surface area contributed by atoms with Crippen LogP contribution in [0.4, 0.5) is 0 Å². The average molecular weight is 279 g/mol. The summed E-state index contributed by atoms with van der Waals surface area (Å²) in [7, 11) is 0. The molecule has 4 heteroatoms. The molecule has 0 amide bonds. The Morgan fingerprint density at radius 1 is 1.00 bits per heavy atom. The van der Waals surface area contributed by atoms with Gasteiger partial charge in [-0.2, -0.15) is 0 Å². The molecule has 0 bridgehead atoms. The topological polar surface area (TPSA) is 0 Å². The Morgan fingerprint density at radius 2 is 1.00 bits per heavy atom. The molecular formula is CeFeMgNi. The zero-order valence-electron chi connectivity index (χ0n) is 1.88. The van der Waals surface area contributed by atoms with Gasteiger partial charge in [0.15, 0.2) is 0 Å². The van der Waals surface area contributed by atoms with E-state index in [1.165, 1.54) is 0 Å². The monoisotopic (exact) mass is 278 g/mol. The maximum Gasteiger partial charge on any atom is 0 e. The zero-order chi connectivity index (χ0) is 0. The molecule has 0 unspecified atom stereocenters. The summed E-state index contributed by atoms with van der Waals surface area (Å²) in [4.78, 5) is 0. The van der Waals surface area contributed by atoms with Gasteiger partial charge in [0, 0.05) is 98.4 Å². The van der Waals surface area contributed by atoms with Crippen LogP contribution < -0.4 is 0 Å². The van der Waals surface area contributed by atoms with Crippen LogP contribution in [0.3, 0.4) is 0 Å². The molecule has 0 nitrogen and oxygen atoms in total. The summed E-state index contributed by atoms with van der Waals surface area (Å²) >= 11 is 0. The summed E-state index contributed by atoms with van der Waals surface area (Å²) in [5.41, 5.74) is 0. The van der Waals surface area contributed by atoms with Crippen LogP contribution in [-0.4, -0.2) is 23.1 Å². The van der Waals surface area contributed by atoms with Gasteiger partial charge >= 0.3 is 0 Å². The largest absolute Gasteiger partial charge is 0 e. The first-order valence-electron chi connectivity index (χ1n) is 0. The van der Waals surface area contributed by atoms with Crippen LogP contribution in [0.5, 0.6) is 0 Å². The van der Waals surface area contributed by atoms with Crippen LogP contribution in [0.1, 0.15) is 0 Å². The van der Waals surface area contributed by atoms with Crippen molar-refractivity contribution < 1.29 is 75.3 Å². The van der Waals surface area contributed by atoms with Crippen molar-refractivity contribution in [1.82, 2.24) is 0 Å². The summed E-state index contributed by atoms with van der Waals surface area (Å²) in [5.74, 6) is 0. The molecule has 4 heavy (non-hydrogen) atoms. The van der Waals surface area contributed by atoms with E-state index in [1.54, 1.807) is 0 Å². The third kappa shape index (κ3) is 8.94. The minimum atomic E-state index is 0. The van der Waals surface area contributed by atoms with E-state index >= 15 is 0 Å². The van der Waals surface area contributed by atoms with E-state index in [2.05, 4.69) is 0 Å². The van der Waals surface area contributed by atoms with E-state index in [9.17, 15) is 0 Å². The van der Waals surface area contributed by atoms with Crippen LogP contribution in [-0.2, 0) is 33.6 Å². The first kappa shape index (κ1) is 27.2. The molecule has 0 atom stereocenters. The van der Waals surface area contributed by atoms with Crippen molar-refractivity contribution in [2.45, 2.75) is 0 Å². The van der Waals surface area contributed by atoms with Crippen LogP contribution >= 0.6 is 0 Å². The molecule has 0 saturated heterocycles. The van der Waals surface area contributed by atoms with Gasteiger partial charge in [-0.1, -0.05) is 0 Å². The van der Waals surface area contributed by atoms with E-state index in [-0.39, 0.29) is 98.4 Å². The molecule has 0 fully saturated rings. The Kier molecular flexibility index (Phi) is 112. The fourth-order valence-electron chi connectivity index (χ4n) is 0. The molecule has 24 valence electrons. The van der Waals surface area contributed by atoms with E-state index in [1.807, 2.05) is 0 Å².